The Bertz CT molecular complexity index is 204. The van der Waals surface area contributed by atoms with E-state index in [2.05, 4.69) is 28.1 Å². The number of aliphatic hydroxyl groups is 1. The Hall–Kier alpha value is 0.350. The minimum absolute atomic E-state index is 0.145. The van der Waals surface area contributed by atoms with E-state index >= 15 is 0 Å². The van der Waals surface area contributed by atoms with Crippen molar-refractivity contribution in [2.75, 3.05) is 33.8 Å². The normalized spacial score (nSPS) is 14.2. The van der Waals surface area contributed by atoms with E-state index in [9.17, 15) is 5.11 Å². The predicted molar refractivity (Wildman–Crippen MR) is 92.5 cm³/mol. The van der Waals surface area contributed by atoms with Crippen LogP contribution in [0, 0.1) is 0 Å². The molecule has 0 heterocycles. The van der Waals surface area contributed by atoms with Crippen LogP contribution in [-0.2, 0) is 0 Å². The maximum Gasteiger partial charge on any atom is 0.0770 e. The largest absolute Gasteiger partial charge is 0.502 e. The maximum absolute atomic E-state index is 9.90. The average molecular weight is 303 g/mol. The molecule has 3 heteroatoms. The van der Waals surface area contributed by atoms with Gasteiger partial charge in [-0.05, 0) is 5.85 Å². The van der Waals surface area contributed by atoms with Gasteiger partial charge in [0.2, 0.25) is 0 Å². The predicted octanol–water partition coefficient (Wildman–Crippen LogP) is 4.88. The molecular weight excluding hydrogens is 265 g/mol. The Morgan fingerprint density at radius 2 is 1.25 bits per heavy atom. The highest BCUT2D eigenvalue weighted by atomic mass is 31.1. The van der Waals surface area contributed by atoms with E-state index in [1.54, 1.807) is 0 Å². The molecule has 2 nitrogen and oxygen atoms in total. The highest BCUT2D eigenvalue weighted by Gasteiger charge is 2.07. The molecule has 0 aliphatic rings. The SMILES string of the molecule is CCCCCCCCCCCC[P-]C(O)C[N+](C)(C)C. The van der Waals surface area contributed by atoms with Crippen LogP contribution in [0.5, 0.6) is 0 Å². The van der Waals surface area contributed by atoms with Gasteiger partial charge in [-0.3, -0.25) is 0 Å². The minimum atomic E-state index is -0.145. The molecule has 20 heavy (non-hydrogen) atoms. The molecule has 0 rings (SSSR count). The molecule has 0 aliphatic heterocycles. The third kappa shape index (κ3) is 16.4. The first-order chi connectivity index (χ1) is 9.45. The number of aliphatic hydroxyl groups excluding tert-OH is 1. The Morgan fingerprint density at radius 1 is 0.800 bits per heavy atom. The summed E-state index contributed by atoms with van der Waals surface area (Å²) in [6.45, 7) is 3.14. The summed E-state index contributed by atoms with van der Waals surface area (Å²) in [7, 11) is 7.64. The monoisotopic (exact) mass is 303 g/mol. The molecule has 0 aromatic carbocycles. The minimum Gasteiger partial charge on any atom is -0.502 e. The Labute approximate surface area is 129 Å². The molecule has 0 amide bonds. The van der Waals surface area contributed by atoms with Crippen molar-refractivity contribution in [1.82, 2.24) is 0 Å². The molecule has 1 N–H and O–H groups in total. The second-order valence-electron chi connectivity index (χ2n) is 7.04. The first kappa shape index (κ1) is 20.3. The molecule has 0 aliphatic carbocycles. The zero-order chi connectivity index (χ0) is 15.3. The topological polar surface area (TPSA) is 20.2 Å². The lowest BCUT2D eigenvalue weighted by atomic mass is 10.1. The van der Waals surface area contributed by atoms with Crippen LogP contribution in [0.15, 0.2) is 0 Å². The molecule has 0 saturated carbocycles. The molecule has 122 valence electrons. The number of rotatable bonds is 14. The van der Waals surface area contributed by atoms with Crippen LogP contribution in [0.2, 0.25) is 0 Å². The zero-order valence-electron chi connectivity index (χ0n) is 14.4. The molecule has 0 radical (unpaired) electrons. The standard InChI is InChI=1S/C17H38NOP/c1-5-6-7-8-9-10-11-12-13-14-15-20-17(19)16-18(2,3)4/h17,19H,5-16H2,1-4H3. The van der Waals surface area contributed by atoms with E-state index in [0.29, 0.717) is 0 Å². The molecule has 0 spiro atoms. The van der Waals surface area contributed by atoms with Crippen molar-refractivity contribution in [2.45, 2.75) is 77.0 Å². The molecule has 0 aromatic rings. The van der Waals surface area contributed by atoms with E-state index in [-0.39, 0.29) is 5.85 Å². The number of unbranched alkanes of at least 4 members (excludes halogenated alkanes) is 9. The first-order valence-electron chi connectivity index (χ1n) is 8.61. The highest BCUT2D eigenvalue weighted by Crippen LogP contribution is 2.21. The summed E-state index contributed by atoms with van der Waals surface area (Å²) in [5.74, 6) is -0.145. The first-order valence-corrected chi connectivity index (χ1v) is 9.75. The number of quaternary nitrogens is 1. The summed E-state index contributed by atoms with van der Waals surface area (Å²) < 4.78 is 0.853. The van der Waals surface area contributed by atoms with E-state index in [0.717, 1.165) is 17.2 Å². The van der Waals surface area contributed by atoms with Gasteiger partial charge in [-0.1, -0.05) is 71.1 Å². The third-order valence-electron chi connectivity index (χ3n) is 3.56. The van der Waals surface area contributed by atoms with Gasteiger partial charge in [0.05, 0.1) is 27.7 Å². The van der Waals surface area contributed by atoms with Gasteiger partial charge >= 0.3 is 0 Å². The van der Waals surface area contributed by atoms with Crippen LogP contribution >= 0.6 is 8.58 Å². The van der Waals surface area contributed by atoms with Crippen LogP contribution in [-0.4, -0.2) is 49.3 Å². The van der Waals surface area contributed by atoms with E-state index in [1.165, 1.54) is 72.8 Å². The lowest BCUT2D eigenvalue weighted by Gasteiger charge is -2.33. The Morgan fingerprint density at radius 3 is 1.70 bits per heavy atom. The summed E-state index contributed by atoms with van der Waals surface area (Å²) in [6, 6.07) is 0. The van der Waals surface area contributed by atoms with E-state index in [4.69, 9.17) is 0 Å². The van der Waals surface area contributed by atoms with Gasteiger partial charge in [0.25, 0.3) is 0 Å². The van der Waals surface area contributed by atoms with Crippen molar-refractivity contribution in [1.29, 1.82) is 0 Å². The molecular formula is C17H38NOP. The van der Waals surface area contributed by atoms with Gasteiger partial charge in [-0.15, -0.1) is 0 Å². The van der Waals surface area contributed by atoms with Gasteiger partial charge in [-0.25, -0.2) is 0 Å². The molecule has 1 atom stereocenters. The van der Waals surface area contributed by atoms with Crippen LogP contribution in [0.4, 0.5) is 0 Å². The lowest BCUT2D eigenvalue weighted by molar-refractivity contribution is -0.871. The van der Waals surface area contributed by atoms with Gasteiger partial charge < -0.3 is 18.2 Å². The summed E-state index contributed by atoms with van der Waals surface area (Å²) in [6.07, 6.45) is 15.1. The van der Waals surface area contributed by atoms with Gasteiger partial charge in [-0.2, -0.15) is 6.16 Å². The van der Waals surface area contributed by atoms with Crippen molar-refractivity contribution >= 4 is 8.58 Å². The molecule has 1 unspecified atom stereocenters. The zero-order valence-corrected chi connectivity index (χ0v) is 15.3. The number of hydrogen-bond acceptors (Lipinski definition) is 1. The summed E-state index contributed by atoms with van der Waals surface area (Å²) in [4.78, 5) is 0. The van der Waals surface area contributed by atoms with Crippen LogP contribution in [0.1, 0.15) is 71.1 Å². The van der Waals surface area contributed by atoms with Crippen LogP contribution in [0.3, 0.4) is 0 Å². The number of nitrogens with zero attached hydrogens (tertiary/aromatic N) is 1. The fourth-order valence-electron chi connectivity index (χ4n) is 2.39. The fourth-order valence-corrected chi connectivity index (χ4v) is 3.70. The Kier molecular flexibility index (Phi) is 13.3. The van der Waals surface area contributed by atoms with E-state index < -0.39 is 0 Å². The maximum atomic E-state index is 9.90. The smallest absolute Gasteiger partial charge is 0.0770 e. The molecule has 0 bridgehead atoms. The van der Waals surface area contributed by atoms with Gasteiger partial charge in [0.15, 0.2) is 0 Å². The number of hydrogen-bond donors (Lipinski definition) is 1. The van der Waals surface area contributed by atoms with Gasteiger partial charge in [0, 0.05) is 0 Å². The summed E-state index contributed by atoms with van der Waals surface area (Å²) in [5, 5.41) is 9.90. The fraction of sp³-hybridized carbons (Fsp3) is 1.00. The second kappa shape index (κ2) is 13.0. The molecule has 0 aromatic heterocycles. The summed E-state index contributed by atoms with van der Waals surface area (Å²) in [5.41, 5.74) is 0. The van der Waals surface area contributed by atoms with Crippen molar-refractivity contribution in [3.05, 3.63) is 0 Å². The average Bonchev–Trinajstić information content (AvgIpc) is 2.34. The Balaban J connectivity index is 3.17. The second-order valence-corrected chi connectivity index (χ2v) is 8.45. The molecule has 0 saturated heterocycles. The summed E-state index contributed by atoms with van der Waals surface area (Å²) >= 11 is 0. The number of likely N-dealkylation sites (N-methyl/N-ethyl adjacent to an activating group) is 1. The lowest BCUT2D eigenvalue weighted by Crippen LogP contribution is -2.40. The van der Waals surface area contributed by atoms with Crippen molar-refractivity contribution in [3.8, 4) is 0 Å². The van der Waals surface area contributed by atoms with Crippen LogP contribution < -0.4 is 0 Å². The highest BCUT2D eigenvalue weighted by molar-refractivity contribution is 7.38. The third-order valence-corrected chi connectivity index (χ3v) is 4.72. The molecule has 0 fully saturated rings. The van der Waals surface area contributed by atoms with Crippen molar-refractivity contribution in [2.24, 2.45) is 0 Å². The van der Waals surface area contributed by atoms with Crippen LogP contribution in [0.25, 0.3) is 0 Å². The van der Waals surface area contributed by atoms with E-state index in [1.807, 2.05) is 0 Å². The van der Waals surface area contributed by atoms with Gasteiger partial charge in [0.1, 0.15) is 0 Å². The quantitative estimate of drug-likeness (QED) is 0.275. The van der Waals surface area contributed by atoms with Crippen molar-refractivity contribution in [3.63, 3.8) is 0 Å². The van der Waals surface area contributed by atoms with Crippen molar-refractivity contribution < 1.29 is 9.59 Å².